The van der Waals surface area contributed by atoms with Gasteiger partial charge in [-0.05, 0) is 31.4 Å². The third-order valence-electron chi connectivity index (χ3n) is 3.24. The molecule has 56 valence electrons. The van der Waals surface area contributed by atoms with Crippen molar-refractivity contribution < 1.29 is 0 Å². The number of rotatable bonds is 1. The molecule has 3 unspecified atom stereocenters. The predicted molar refractivity (Wildman–Crippen MR) is 43.4 cm³/mol. The molecule has 0 radical (unpaired) electrons. The zero-order valence-electron chi connectivity index (χ0n) is 6.42. The fourth-order valence-electron chi connectivity index (χ4n) is 2.53. The molecule has 1 heteroatoms. The van der Waals surface area contributed by atoms with Crippen LogP contribution in [-0.4, -0.2) is 12.8 Å². The number of hydrogen-bond acceptors (Lipinski definition) is 1. The van der Waals surface area contributed by atoms with E-state index in [1.807, 2.05) is 0 Å². The van der Waals surface area contributed by atoms with Crippen molar-refractivity contribution in [3.63, 3.8) is 0 Å². The van der Waals surface area contributed by atoms with Crippen molar-refractivity contribution in [1.82, 2.24) is 0 Å². The molecule has 2 fully saturated rings. The van der Waals surface area contributed by atoms with Crippen LogP contribution < -0.4 is 0 Å². The van der Waals surface area contributed by atoms with E-state index in [0.29, 0.717) is 6.04 Å². The fraction of sp³-hybridized carbons (Fsp3) is 0.889. The van der Waals surface area contributed by atoms with E-state index >= 15 is 0 Å². The Morgan fingerprint density at radius 2 is 2.00 bits per heavy atom. The molecule has 2 saturated carbocycles. The molecular formula is C9H15N. The molecule has 0 aromatic carbocycles. The minimum absolute atomic E-state index is 0.644. The van der Waals surface area contributed by atoms with Gasteiger partial charge in [-0.1, -0.05) is 19.3 Å². The summed E-state index contributed by atoms with van der Waals surface area (Å²) in [5, 5.41) is 0. The van der Waals surface area contributed by atoms with Crippen LogP contribution >= 0.6 is 0 Å². The van der Waals surface area contributed by atoms with Crippen LogP contribution in [0.15, 0.2) is 4.99 Å². The summed E-state index contributed by atoms with van der Waals surface area (Å²) in [6.07, 6.45) is 7.14. The molecule has 2 aliphatic carbocycles. The Bertz CT molecular complexity index is 142. The average molecular weight is 137 g/mol. The van der Waals surface area contributed by atoms with Gasteiger partial charge in [0.2, 0.25) is 0 Å². The molecule has 0 spiro atoms. The summed E-state index contributed by atoms with van der Waals surface area (Å²) in [6, 6.07) is 0.644. The minimum atomic E-state index is 0.644. The van der Waals surface area contributed by atoms with Gasteiger partial charge in [-0.15, -0.1) is 0 Å². The topological polar surface area (TPSA) is 12.4 Å². The molecule has 2 rings (SSSR count). The summed E-state index contributed by atoms with van der Waals surface area (Å²) in [6.45, 7) is 3.62. The summed E-state index contributed by atoms with van der Waals surface area (Å²) < 4.78 is 0. The Morgan fingerprint density at radius 3 is 2.70 bits per heavy atom. The number of nitrogens with zero attached hydrogens (tertiary/aromatic N) is 1. The van der Waals surface area contributed by atoms with Gasteiger partial charge in [0.05, 0.1) is 6.04 Å². The van der Waals surface area contributed by atoms with Gasteiger partial charge < -0.3 is 0 Å². The standard InChI is InChI=1S/C9H15N/c1-10-9-6-7-4-2-3-5-8(7)9/h7-9H,1-6H2. The lowest BCUT2D eigenvalue weighted by atomic mass is 9.62. The molecular weight excluding hydrogens is 122 g/mol. The molecule has 0 N–H and O–H groups in total. The SMILES string of the molecule is C=NC1CC2CCCCC21. The van der Waals surface area contributed by atoms with E-state index < -0.39 is 0 Å². The second-order valence-corrected chi connectivity index (χ2v) is 3.69. The van der Waals surface area contributed by atoms with Gasteiger partial charge in [0.15, 0.2) is 0 Å². The van der Waals surface area contributed by atoms with E-state index in [2.05, 4.69) is 11.7 Å². The third kappa shape index (κ3) is 0.799. The van der Waals surface area contributed by atoms with Gasteiger partial charge in [0.25, 0.3) is 0 Å². The Balaban J connectivity index is 1.94. The van der Waals surface area contributed by atoms with Gasteiger partial charge in [0.1, 0.15) is 0 Å². The van der Waals surface area contributed by atoms with Crippen LogP contribution in [0.5, 0.6) is 0 Å². The highest BCUT2D eigenvalue weighted by atomic mass is 14.8. The number of fused-ring (bicyclic) bond motifs is 1. The summed E-state index contributed by atoms with van der Waals surface area (Å²) in [4.78, 5) is 4.13. The molecule has 0 heterocycles. The fourth-order valence-corrected chi connectivity index (χ4v) is 2.53. The van der Waals surface area contributed by atoms with Gasteiger partial charge in [-0.3, -0.25) is 4.99 Å². The highest BCUT2D eigenvalue weighted by molar-refractivity contribution is 5.25. The van der Waals surface area contributed by atoms with Crippen molar-refractivity contribution in [1.29, 1.82) is 0 Å². The number of hydrogen-bond donors (Lipinski definition) is 0. The monoisotopic (exact) mass is 137 g/mol. The summed E-state index contributed by atoms with van der Waals surface area (Å²) in [5.41, 5.74) is 0. The average Bonchev–Trinajstić information content (AvgIpc) is 1.92. The van der Waals surface area contributed by atoms with Crippen LogP contribution in [0.2, 0.25) is 0 Å². The highest BCUT2D eigenvalue weighted by Crippen LogP contribution is 2.46. The lowest BCUT2D eigenvalue weighted by molar-refractivity contribution is 0.0854. The molecule has 0 bridgehead atoms. The zero-order chi connectivity index (χ0) is 6.97. The third-order valence-corrected chi connectivity index (χ3v) is 3.24. The number of aliphatic imine (C=N–C) groups is 1. The van der Waals surface area contributed by atoms with Crippen molar-refractivity contribution in [3.05, 3.63) is 0 Å². The smallest absolute Gasteiger partial charge is 0.0526 e. The van der Waals surface area contributed by atoms with E-state index in [0.717, 1.165) is 11.8 Å². The van der Waals surface area contributed by atoms with E-state index in [1.54, 1.807) is 0 Å². The second-order valence-electron chi connectivity index (χ2n) is 3.69. The minimum Gasteiger partial charge on any atom is -0.297 e. The van der Waals surface area contributed by atoms with Crippen LogP contribution in [0, 0.1) is 11.8 Å². The zero-order valence-corrected chi connectivity index (χ0v) is 6.42. The van der Waals surface area contributed by atoms with Crippen LogP contribution in [0.1, 0.15) is 32.1 Å². The maximum absolute atomic E-state index is 4.13. The van der Waals surface area contributed by atoms with E-state index in [4.69, 9.17) is 0 Å². The first-order valence-corrected chi connectivity index (χ1v) is 4.37. The first-order chi connectivity index (χ1) is 4.92. The maximum atomic E-state index is 4.13. The van der Waals surface area contributed by atoms with Crippen LogP contribution in [-0.2, 0) is 0 Å². The molecule has 2 aliphatic rings. The van der Waals surface area contributed by atoms with Gasteiger partial charge in [-0.2, -0.15) is 0 Å². The van der Waals surface area contributed by atoms with Crippen molar-refractivity contribution in [2.75, 3.05) is 0 Å². The summed E-state index contributed by atoms with van der Waals surface area (Å²) in [5.74, 6) is 1.97. The Morgan fingerprint density at radius 1 is 1.20 bits per heavy atom. The summed E-state index contributed by atoms with van der Waals surface area (Å²) in [7, 11) is 0. The van der Waals surface area contributed by atoms with Crippen LogP contribution in [0.25, 0.3) is 0 Å². The van der Waals surface area contributed by atoms with E-state index in [-0.39, 0.29) is 0 Å². The predicted octanol–water partition coefficient (Wildman–Crippen LogP) is 2.27. The molecule has 3 atom stereocenters. The maximum Gasteiger partial charge on any atom is 0.0526 e. The molecule has 0 amide bonds. The van der Waals surface area contributed by atoms with Crippen molar-refractivity contribution in [3.8, 4) is 0 Å². The summed E-state index contributed by atoms with van der Waals surface area (Å²) >= 11 is 0. The lowest BCUT2D eigenvalue weighted by Gasteiger charge is -2.45. The Kier molecular flexibility index (Phi) is 1.51. The highest BCUT2D eigenvalue weighted by Gasteiger charge is 2.41. The molecule has 0 saturated heterocycles. The molecule has 1 nitrogen and oxygen atoms in total. The Hall–Kier alpha value is -0.330. The molecule has 0 aromatic rings. The second kappa shape index (κ2) is 2.37. The van der Waals surface area contributed by atoms with E-state index in [1.165, 1.54) is 32.1 Å². The largest absolute Gasteiger partial charge is 0.297 e. The van der Waals surface area contributed by atoms with Crippen molar-refractivity contribution in [2.24, 2.45) is 16.8 Å². The Labute approximate surface area is 62.5 Å². The quantitative estimate of drug-likeness (QED) is 0.492. The molecule has 0 aliphatic heterocycles. The molecule has 10 heavy (non-hydrogen) atoms. The van der Waals surface area contributed by atoms with Gasteiger partial charge in [-0.25, -0.2) is 0 Å². The molecule has 0 aromatic heterocycles. The van der Waals surface area contributed by atoms with Gasteiger partial charge >= 0.3 is 0 Å². The van der Waals surface area contributed by atoms with Crippen molar-refractivity contribution in [2.45, 2.75) is 38.1 Å². The lowest BCUT2D eigenvalue weighted by Crippen LogP contribution is -2.41. The first-order valence-electron chi connectivity index (χ1n) is 4.37. The van der Waals surface area contributed by atoms with Gasteiger partial charge in [0, 0.05) is 0 Å². The normalized spacial score (nSPS) is 45.4. The van der Waals surface area contributed by atoms with Crippen LogP contribution in [0.3, 0.4) is 0 Å². The van der Waals surface area contributed by atoms with Crippen LogP contribution in [0.4, 0.5) is 0 Å². The van der Waals surface area contributed by atoms with Crippen molar-refractivity contribution >= 4 is 6.72 Å². The van der Waals surface area contributed by atoms with E-state index in [9.17, 15) is 0 Å². The first kappa shape index (κ1) is 6.38.